The fourth-order valence-corrected chi connectivity index (χ4v) is 4.78. The lowest BCUT2D eigenvalue weighted by atomic mass is 9.78. The van der Waals surface area contributed by atoms with Gasteiger partial charge in [-0.25, -0.2) is 0 Å². The third-order valence-corrected chi connectivity index (χ3v) is 6.80. The van der Waals surface area contributed by atoms with E-state index in [9.17, 15) is 0 Å². The van der Waals surface area contributed by atoms with Crippen molar-refractivity contribution in [3.63, 3.8) is 0 Å². The Bertz CT molecular complexity index is 342. The smallest absolute Gasteiger partial charge is 0.0843 e. The molecule has 1 nitrogen and oxygen atoms in total. The zero-order valence-corrected chi connectivity index (χ0v) is 13.6. The lowest BCUT2D eigenvalue weighted by Crippen LogP contribution is -2.37. The molecule has 90 valence electrons. The van der Waals surface area contributed by atoms with Crippen LogP contribution in [0.5, 0.6) is 0 Å². The predicted octanol–water partition coefficient (Wildman–Crippen LogP) is 4.62. The maximum absolute atomic E-state index is 3.60. The van der Waals surface area contributed by atoms with Gasteiger partial charge in [0.05, 0.1) is 3.79 Å². The first kappa shape index (κ1) is 13.1. The van der Waals surface area contributed by atoms with Gasteiger partial charge in [0.2, 0.25) is 0 Å². The molecule has 2 heterocycles. The van der Waals surface area contributed by atoms with Crippen LogP contribution in [-0.4, -0.2) is 13.1 Å². The van der Waals surface area contributed by atoms with E-state index in [1.165, 1.54) is 19.6 Å². The number of rotatable bonds is 2. The second-order valence-corrected chi connectivity index (χ2v) is 8.03. The van der Waals surface area contributed by atoms with E-state index < -0.39 is 0 Å². The van der Waals surface area contributed by atoms with Crippen LogP contribution in [0.3, 0.4) is 0 Å². The van der Waals surface area contributed by atoms with Gasteiger partial charge in [0.1, 0.15) is 0 Å². The van der Waals surface area contributed by atoms with Crippen molar-refractivity contribution in [2.24, 2.45) is 11.8 Å². The molecule has 2 atom stereocenters. The van der Waals surface area contributed by atoms with Crippen molar-refractivity contribution in [2.45, 2.75) is 26.2 Å². The maximum Gasteiger partial charge on any atom is 0.0843 e. The van der Waals surface area contributed by atoms with Gasteiger partial charge in [-0.2, -0.15) is 0 Å². The van der Waals surface area contributed by atoms with Crippen LogP contribution in [0.25, 0.3) is 0 Å². The van der Waals surface area contributed by atoms with Crippen molar-refractivity contribution in [3.8, 4) is 0 Å². The molecule has 2 rings (SSSR count). The quantitative estimate of drug-likeness (QED) is 0.804. The zero-order chi connectivity index (χ0) is 11.7. The van der Waals surface area contributed by atoms with Crippen molar-refractivity contribution in [3.05, 3.63) is 19.2 Å². The van der Waals surface area contributed by atoms with Gasteiger partial charge < -0.3 is 5.32 Å². The lowest BCUT2D eigenvalue weighted by Gasteiger charge is -2.34. The molecule has 0 bridgehead atoms. The predicted molar refractivity (Wildman–Crippen MR) is 78.3 cm³/mol. The number of piperidine rings is 1. The summed E-state index contributed by atoms with van der Waals surface area (Å²) in [5.41, 5.74) is 0. The Hall–Kier alpha value is 0.620. The summed E-state index contributed by atoms with van der Waals surface area (Å²) in [6.45, 7) is 6.99. The van der Waals surface area contributed by atoms with Crippen molar-refractivity contribution >= 4 is 43.2 Å². The molecule has 0 aromatic carbocycles. The van der Waals surface area contributed by atoms with Gasteiger partial charge in [-0.05, 0) is 75.2 Å². The number of thiophene rings is 1. The van der Waals surface area contributed by atoms with Crippen LogP contribution >= 0.6 is 43.2 Å². The largest absolute Gasteiger partial charge is 0.316 e. The van der Waals surface area contributed by atoms with Crippen molar-refractivity contribution in [2.75, 3.05) is 13.1 Å². The van der Waals surface area contributed by atoms with Crippen molar-refractivity contribution < 1.29 is 0 Å². The molecule has 1 aromatic rings. The summed E-state index contributed by atoms with van der Waals surface area (Å²) >= 11 is 9.07. The highest BCUT2D eigenvalue weighted by Gasteiger charge is 2.30. The normalized spacial score (nSPS) is 26.3. The second kappa shape index (κ2) is 5.51. The standard InChI is InChI=1S/C12H17Br2NS/c1-7(2)9-6-15-4-3-8(9)11-5-10(13)12(14)16-11/h5,7-9,15H,3-4,6H2,1-2H3. The SMILES string of the molecule is CC(C)C1CNCCC1c1cc(Br)c(Br)s1. The van der Waals surface area contributed by atoms with Gasteiger partial charge in [0.25, 0.3) is 0 Å². The molecule has 1 saturated heterocycles. The Morgan fingerprint density at radius 3 is 2.75 bits per heavy atom. The maximum atomic E-state index is 3.60. The average molecular weight is 367 g/mol. The summed E-state index contributed by atoms with van der Waals surface area (Å²) in [5, 5.41) is 3.52. The van der Waals surface area contributed by atoms with Crippen LogP contribution in [-0.2, 0) is 0 Å². The molecule has 1 aliphatic heterocycles. The molecule has 1 fully saturated rings. The Morgan fingerprint density at radius 1 is 1.44 bits per heavy atom. The molecule has 16 heavy (non-hydrogen) atoms. The molecule has 0 amide bonds. The number of hydrogen-bond acceptors (Lipinski definition) is 2. The summed E-state index contributed by atoms with van der Waals surface area (Å²) in [6, 6.07) is 2.29. The Balaban J connectivity index is 2.23. The monoisotopic (exact) mass is 365 g/mol. The fraction of sp³-hybridized carbons (Fsp3) is 0.667. The fourth-order valence-electron chi connectivity index (χ4n) is 2.48. The van der Waals surface area contributed by atoms with Crippen molar-refractivity contribution in [1.29, 1.82) is 0 Å². The van der Waals surface area contributed by atoms with Gasteiger partial charge in [0.15, 0.2) is 0 Å². The first-order chi connectivity index (χ1) is 7.59. The highest BCUT2D eigenvalue weighted by atomic mass is 79.9. The van der Waals surface area contributed by atoms with Crippen LogP contribution < -0.4 is 5.32 Å². The molecule has 2 unspecified atom stereocenters. The molecule has 4 heteroatoms. The topological polar surface area (TPSA) is 12.0 Å². The van der Waals surface area contributed by atoms with Gasteiger partial charge >= 0.3 is 0 Å². The Morgan fingerprint density at radius 2 is 2.19 bits per heavy atom. The summed E-state index contributed by atoms with van der Waals surface area (Å²) < 4.78 is 2.43. The van der Waals surface area contributed by atoms with Gasteiger partial charge in [-0.15, -0.1) is 11.3 Å². The zero-order valence-electron chi connectivity index (χ0n) is 9.59. The third-order valence-electron chi connectivity index (χ3n) is 3.41. The molecule has 1 aliphatic rings. The number of halogens is 2. The van der Waals surface area contributed by atoms with Crippen LogP contribution in [0.4, 0.5) is 0 Å². The van der Waals surface area contributed by atoms with Crippen LogP contribution in [0.15, 0.2) is 14.3 Å². The third kappa shape index (κ3) is 2.71. The minimum absolute atomic E-state index is 0.730. The van der Waals surface area contributed by atoms with E-state index in [-0.39, 0.29) is 0 Å². The lowest BCUT2D eigenvalue weighted by molar-refractivity contribution is 0.258. The molecule has 1 N–H and O–H groups in total. The van der Waals surface area contributed by atoms with E-state index in [2.05, 4.69) is 57.1 Å². The summed E-state index contributed by atoms with van der Waals surface area (Å²) in [4.78, 5) is 1.53. The van der Waals surface area contributed by atoms with Gasteiger partial charge in [-0.3, -0.25) is 0 Å². The summed E-state index contributed by atoms with van der Waals surface area (Å²) in [6.07, 6.45) is 1.27. The molecule has 1 aromatic heterocycles. The minimum atomic E-state index is 0.730. The van der Waals surface area contributed by atoms with Gasteiger partial charge in [-0.1, -0.05) is 13.8 Å². The van der Waals surface area contributed by atoms with E-state index in [0.717, 1.165) is 30.8 Å². The van der Waals surface area contributed by atoms with Crippen LogP contribution in [0.1, 0.15) is 31.1 Å². The van der Waals surface area contributed by atoms with Crippen molar-refractivity contribution in [1.82, 2.24) is 5.32 Å². The first-order valence-electron chi connectivity index (χ1n) is 5.75. The van der Waals surface area contributed by atoms with E-state index in [1.54, 1.807) is 0 Å². The van der Waals surface area contributed by atoms with E-state index in [4.69, 9.17) is 0 Å². The minimum Gasteiger partial charge on any atom is -0.316 e. The van der Waals surface area contributed by atoms with Crippen LogP contribution in [0.2, 0.25) is 0 Å². The van der Waals surface area contributed by atoms with Gasteiger partial charge in [0, 0.05) is 9.35 Å². The number of nitrogens with one attached hydrogen (secondary N) is 1. The molecule has 0 aliphatic carbocycles. The second-order valence-electron chi connectivity index (χ2n) is 4.78. The number of hydrogen-bond donors (Lipinski definition) is 1. The summed E-state index contributed by atoms with van der Waals surface area (Å²) in [5.74, 6) is 2.25. The first-order valence-corrected chi connectivity index (χ1v) is 8.15. The average Bonchev–Trinajstić information content (AvgIpc) is 2.59. The molecule has 0 saturated carbocycles. The highest BCUT2D eigenvalue weighted by Crippen LogP contribution is 2.42. The van der Waals surface area contributed by atoms with E-state index in [1.807, 2.05) is 11.3 Å². The van der Waals surface area contributed by atoms with E-state index in [0.29, 0.717) is 0 Å². The Labute approximate surface area is 118 Å². The summed E-state index contributed by atoms with van der Waals surface area (Å²) in [7, 11) is 0. The molecule has 0 spiro atoms. The van der Waals surface area contributed by atoms with E-state index >= 15 is 0 Å². The molecular formula is C12H17Br2NS. The molecule has 0 radical (unpaired) electrons. The molecular weight excluding hydrogens is 350 g/mol. The highest BCUT2D eigenvalue weighted by molar-refractivity contribution is 9.13. The Kier molecular flexibility index (Phi) is 4.50. The van der Waals surface area contributed by atoms with Crippen LogP contribution in [0, 0.1) is 11.8 Å².